The van der Waals surface area contributed by atoms with E-state index in [-0.39, 0.29) is 35.2 Å². The van der Waals surface area contributed by atoms with Gasteiger partial charge >= 0.3 is 0 Å². The zero-order chi connectivity index (χ0) is 23.6. The van der Waals surface area contributed by atoms with Gasteiger partial charge in [0.1, 0.15) is 0 Å². The lowest BCUT2D eigenvalue weighted by atomic mass is 9.99. The predicted molar refractivity (Wildman–Crippen MR) is 137 cm³/mol. The minimum Gasteiger partial charge on any atom is -0.407 e. The van der Waals surface area contributed by atoms with Gasteiger partial charge in [-0.05, 0) is 42.6 Å². The van der Waals surface area contributed by atoms with Gasteiger partial charge in [0.05, 0.1) is 12.6 Å². The van der Waals surface area contributed by atoms with Crippen molar-refractivity contribution >= 4 is 18.7 Å². The molecule has 0 radical (unpaired) electrons. The quantitative estimate of drug-likeness (QED) is 0.534. The highest BCUT2D eigenvalue weighted by Crippen LogP contribution is 2.40. The number of hydrogen-bond donors (Lipinski definition) is 1. The van der Waals surface area contributed by atoms with Crippen LogP contribution in [0.15, 0.2) is 60.7 Å². The molecule has 4 heteroatoms. The fourth-order valence-electron chi connectivity index (χ4n) is 5.54. The number of benzene rings is 2. The molecule has 0 bridgehead atoms. The van der Waals surface area contributed by atoms with E-state index in [1.54, 1.807) is 0 Å². The first-order chi connectivity index (χ1) is 15.1. The third-order valence-corrected chi connectivity index (χ3v) is 11.8. The summed E-state index contributed by atoms with van der Waals surface area (Å²) in [6.45, 7) is 14.1. The molecule has 32 heavy (non-hydrogen) atoms. The maximum absolute atomic E-state index is 10.1. The van der Waals surface area contributed by atoms with Crippen molar-refractivity contribution < 1.29 is 9.53 Å². The van der Waals surface area contributed by atoms with Crippen molar-refractivity contribution in [1.82, 2.24) is 4.90 Å². The molecule has 1 heterocycles. The number of aliphatic hydroxyl groups is 1. The average molecular weight is 450 g/mol. The van der Waals surface area contributed by atoms with Crippen LogP contribution in [0.5, 0.6) is 0 Å². The monoisotopic (exact) mass is 449 g/mol. The van der Waals surface area contributed by atoms with Crippen molar-refractivity contribution in [3.05, 3.63) is 60.7 Å². The second kappa shape index (κ2) is 9.53. The number of nitrogens with zero attached hydrogens (tertiary/aromatic N) is 1. The highest BCUT2D eigenvalue weighted by Gasteiger charge is 2.52. The molecule has 0 amide bonds. The summed E-state index contributed by atoms with van der Waals surface area (Å²) >= 11 is 0. The topological polar surface area (TPSA) is 32.7 Å². The molecule has 0 saturated carbocycles. The van der Waals surface area contributed by atoms with Gasteiger partial charge in [-0.3, -0.25) is 4.90 Å². The van der Waals surface area contributed by atoms with Crippen LogP contribution in [0.3, 0.4) is 0 Å². The van der Waals surface area contributed by atoms with Gasteiger partial charge in [0.15, 0.2) is 0 Å². The smallest absolute Gasteiger partial charge is 0.261 e. The first-order valence-corrected chi connectivity index (χ1v) is 13.6. The van der Waals surface area contributed by atoms with E-state index >= 15 is 0 Å². The predicted octanol–water partition coefficient (Wildman–Crippen LogP) is 4.05. The fraction of sp³-hybridized carbons (Fsp3) is 0.500. The van der Waals surface area contributed by atoms with E-state index in [0.29, 0.717) is 6.61 Å². The number of likely N-dealkylation sites (tertiary alicyclic amines) is 1. The molecule has 1 fully saturated rings. The fourth-order valence-corrected chi connectivity index (χ4v) is 10.2. The van der Waals surface area contributed by atoms with E-state index in [0.717, 1.165) is 6.42 Å². The molecule has 172 valence electrons. The third kappa shape index (κ3) is 4.58. The van der Waals surface area contributed by atoms with Crippen LogP contribution in [0.2, 0.25) is 5.04 Å². The Morgan fingerprint density at radius 2 is 1.47 bits per heavy atom. The van der Waals surface area contributed by atoms with E-state index in [2.05, 4.69) is 113 Å². The molecular weight excluding hydrogens is 410 g/mol. The number of rotatable bonds is 6. The average Bonchev–Trinajstić information content (AvgIpc) is 3.13. The van der Waals surface area contributed by atoms with Crippen LogP contribution in [0.4, 0.5) is 0 Å². The Balaban J connectivity index is 2.03. The Morgan fingerprint density at radius 1 is 0.969 bits per heavy atom. The Bertz CT molecular complexity index is 869. The van der Waals surface area contributed by atoms with Gasteiger partial charge in [-0.15, -0.1) is 6.42 Å². The van der Waals surface area contributed by atoms with E-state index < -0.39 is 8.32 Å². The second-order valence-corrected chi connectivity index (χ2v) is 15.3. The molecule has 1 N–H and O–H groups in total. The molecule has 3 rings (SSSR count). The summed E-state index contributed by atoms with van der Waals surface area (Å²) in [6, 6.07) is 21.4. The van der Waals surface area contributed by atoms with Crippen molar-refractivity contribution in [2.45, 2.75) is 70.6 Å². The van der Waals surface area contributed by atoms with Gasteiger partial charge in [0.2, 0.25) is 0 Å². The largest absolute Gasteiger partial charge is 0.407 e. The molecule has 1 aliphatic rings. The first-order valence-electron chi connectivity index (χ1n) is 11.7. The number of hydrogen-bond acceptors (Lipinski definition) is 3. The molecule has 3 atom stereocenters. The lowest BCUT2D eigenvalue weighted by Crippen LogP contribution is -2.67. The van der Waals surface area contributed by atoms with Crippen LogP contribution in [0, 0.1) is 18.3 Å². The van der Waals surface area contributed by atoms with Crippen molar-refractivity contribution in [3.8, 4) is 12.3 Å². The summed E-state index contributed by atoms with van der Waals surface area (Å²) in [5, 5.41) is 12.6. The molecule has 1 saturated heterocycles. The molecule has 3 nitrogen and oxygen atoms in total. The van der Waals surface area contributed by atoms with Crippen molar-refractivity contribution in [2.24, 2.45) is 5.92 Å². The Labute approximate surface area is 195 Å². The maximum Gasteiger partial charge on any atom is 0.261 e. The Kier molecular flexibility index (Phi) is 7.37. The molecule has 0 aromatic heterocycles. The second-order valence-electron chi connectivity index (χ2n) is 11.0. The molecule has 1 aliphatic heterocycles. The van der Waals surface area contributed by atoms with Crippen molar-refractivity contribution in [1.29, 1.82) is 0 Å². The number of terminal acetylenes is 1. The van der Waals surface area contributed by atoms with Crippen LogP contribution in [-0.4, -0.2) is 49.2 Å². The van der Waals surface area contributed by atoms with Crippen LogP contribution in [0.25, 0.3) is 0 Å². The van der Waals surface area contributed by atoms with Gasteiger partial charge in [-0.2, -0.15) is 0 Å². The zero-order valence-electron chi connectivity index (χ0n) is 20.5. The minimum atomic E-state index is -2.61. The maximum atomic E-state index is 10.1. The van der Waals surface area contributed by atoms with Gasteiger partial charge in [-0.1, -0.05) is 87.4 Å². The highest BCUT2D eigenvalue weighted by molar-refractivity contribution is 6.99. The minimum absolute atomic E-state index is 0.0506. The third-order valence-electron chi connectivity index (χ3n) is 6.80. The van der Waals surface area contributed by atoms with E-state index in [1.807, 2.05) is 0 Å². The van der Waals surface area contributed by atoms with Crippen molar-refractivity contribution in [2.75, 3.05) is 13.2 Å². The standard InChI is InChI=1S/C28H39NO2Si/c1-8-26-22(19-23(20-30)29(26)27(2,3)4)21-31-32(28(5,6)7,24-15-11-9-12-16-24)25-17-13-10-14-18-25/h1,9-18,22-23,26,30H,19-21H2,2-7H3/t22-,23+,26-/m0/s1. The first kappa shape index (κ1) is 24.7. The van der Waals surface area contributed by atoms with Crippen molar-refractivity contribution in [3.63, 3.8) is 0 Å². The normalized spacial score (nSPS) is 22.6. The molecule has 0 unspecified atom stereocenters. The van der Waals surface area contributed by atoms with Crippen LogP contribution in [-0.2, 0) is 4.43 Å². The summed E-state index contributed by atoms with van der Waals surface area (Å²) < 4.78 is 7.17. The van der Waals surface area contributed by atoms with E-state index in [1.165, 1.54) is 10.4 Å². The van der Waals surface area contributed by atoms with Gasteiger partial charge < -0.3 is 9.53 Å². The zero-order valence-corrected chi connectivity index (χ0v) is 21.5. The summed E-state index contributed by atoms with van der Waals surface area (Å²) in [5.41, 5.74) is -0.114. The number of aliphatic hydroxyl groups excluding tert-OH is 1. The molecule has 2 aromatic rings. The molecule has 0 spiro atoms. The van der Waals surface area contributed by atoms with Gasteiger partial charge in [0, 0.05) is 24.1 Å². The van der Waals surface area contributed by atoms with Gasteiger partial charge in [-0.25, -0.2) is 0 Å². The molecule has 0 aliphatic carbocycles. The molecular formula is C28H39NO2Si. The summed E-state index contributed by atoms with van der Waals surface area (Å²) in [6.07, 6.45) is 6.91. The molecule has 2 aromatic carbocycles. The summed E-state index contributed by atoms with van der Waals surface area (Å²) in [5.74, 6) is 3.22. The Morgan fingerprint density at radius 3 is 1.84 bits per heavy atom. The Hall–Kier alpha value is -1.90. The van der Waals surface area contributed by atoms with Crippen LogP contribution >= 0.6 is 0 Å². The van der Waals surface area contributed by atoms with Crippen LogP contribution < -0.4 is 10.4 Å². The summed E-state index contributed by atoms with van der Waals surface area (Å²) in [4.78, 5) is 2.31. The van der Waals surface area contributed by atoms with Gasteiger partial charge in [0.25, 0.3) is 8.32 Å². The highest BCUT2D eigenvalue weighted by atomic mass is 28.4. The van der Waals surface area contributed by atoms with E-state index in [4.69, 9.17) is 10.8 Å². The summed E-state index contributed by atoms with van der Waals surface area (Å²) in [7, 11) is -2.61. The lowest BCUT2D eigenvalue weighted by molar-refractivity contribution is 0.0578. The lowest BCUT2D eigenvalue weighted by Gasteiger charge is -2.44. The van der Waals surface area contributed by atoms with E-state index in [9.17, 15) is 5.11 Å². The SMILES string of the molecule is C#C[C@H]1[C@H](CO[Si](c2ccccc2)(c2ccccc2)C(C)(C)C)C[C@H](CO)N1C(C)(C)C. The van der Waals surface area contributed by atoms with Crippen LogP contribution in [0.1, 0.15) is 48.0 Å².